The lowest BCUT2D eigenvalue weighted by Gasteiger charge is -2.13. The largest absolute Gasteiger partial charge is 0.356 e. The first-order chi connectivity index (χ1) is 12.3. The van der Waals surface area contributed by atoms with Crippen molar-refractivity contribution in [1.29, 1.82) is 0 Å². The molecule has 3 N–H and O–H groups in total. The molecule has 0 saturated carbocycles. The van der Waals surface area contributed by atoms with E-state index in [0.717, 1.165) is 5.56 Å². The summed E-state index contributed by atoms with van der Waals surface area (Å²) in [6, 6.07) is 7.40. The normalized spacial score (nSPS) is 11.5. The maximum atomic E-state index is 11.9. The van der Waals surface area contributed by atoms with Crippen LogP contribution in [0, 0.1) is 0 Å². The number of hydrogen-bond donors (Lipinski definition) is 3. The van der Waals surface area contributed by atoms with Crippen molar-refractivity contribution in [3.05, 3.63) is 35.4 Å². The standard InChI is InChI=1S/C17H29N5O3S.HI/c1-5-26(24,25)21-12-6-11-19-17(18-2)20-13-14-7-9-15(10-8-14)16(23)22(3)4;/h7-10,21H,5-6,11-13H2,1-4H3,(H2,18,19,20);1H. The Morgan fingerprint density at radius 1 is 1.11 bits per heavy atom. The Labute approximate surface area is 179 Å². The SMILES string of the molecule is CCS(=O)(=O)NCCCNC(=NC)NCc1ccc(C(=O)N(C)C)cc1.I. The van der Waals surface area contributed by atoms with Crippen LogP contribution in [0.3, 0.4) is 0 Å². The molecule has 8 nitrogen and oxygen atoms in total. The van der Waals surface area contributed by atoms with Gasteiger partial charge in [0.05, 0.1) is 5.75 Å². The van der Waals surface area contributed by atoms with Crippen molar-refractivity contribution in [1.82, 2.24) is 20.3 Å². The quantitative estimate of drug-likeness (QED) is 0.199. The van der Waals surface area contributed by atoms with E-state index in [4.69, 9.17) is 0 Å². The van der Waals surface area contributed by atoms with Crippen molar-refractivity contribution in [3.63, 3.8) is 0 Å². The molecule has 0 aliphatic heterocycles. The van der Waals surface area contributed by atoms with Gasteiger partial charge in [-0.3, -0.25) is 9.79 Å². The molecule has 0 spiro atoms. The maximum Gasteiger partial charge on any atom is 0.253 e. The minimum Gasteiger partial charge on any atom is -0.356 e. The van der Waals surface area contributed by atoms with Gasteiger partial charge >= 0.3 is 0 Å². The molecule has 154 valence electrons. The van der Waals surface area contributed by atoms with Gasteiger partial charge < -0.3 is 15.5 Å². The molecule has 10 heteroatoms. The number of carbonyl (C=O) groups excluding carboxylic acids is 1. The highest BCUT2D eigenvalue weighted by Gasteiger charge is 2.07. The molecular formula is C17H30IN5O3S. The minimum absolute atomic E-state index is 0. The molecule has 0 fully saturated rings. The summed E-state index contributed by atoms with van der Waals surface area (Å²) in [6.45, 7) is 3.16. The molecule has 0 unspecified atom stereocenters. The average molecular weight is 511 g/mol. The number of hydrogen-bond acceptors (Lipinski definition) is 4. The lowest BCUT2D eigenvalue weighted by atomic mass is 10.1. The predicted molar refractivity (Wildman–Crippen MR) is 120 cm³/mol. The molecule has 1 aromatic rings. The van der Waals surface area contributed by atoms with E-state index >= 15 is 0 Å². The topological polar surface area (TPSA) is 103 Å². The minimum atomic E-state index is -3.14. The molecular weight excluding hydrogens is 481 g/mol. The van der Waals surface area contributed by atoms with Gasteiger partial charge in [-0.05, 0) is 31.0 Å². The first kappa shape index (κ1) is 25.6. The molecule has 0 radical (unpaired) electrons. The first-order valence-corrected chi connectivity index (χ1v) is 10.2. The van der Waals surface area contributed by atoms with Crippen LogP contribution < -0.4 is 15.4 Å². The number of benzene rings is 1. The fourth-order valence-electron chi connectivity index (χ4n) is 2.05. The van der Waals surface area contributed by atoms with Gasteiger partial charge in [-0.1, -0.05) is 12.1 Å². The Bertz CT molecular complexity index is 706. The fourth-order valence-corrected chi connectivity index (χ4v) is 2.71. The Kier molecular flexibility index (Phi) is 12.2. The van der Waals surface area contributed by atoms with Crippen LogP contribution in [0.15, 0.2) is 29.3 Å². The summed E-state index contributed by atoms with van der Waals surface area (Å²) >= 11 is 0. The summed E-state index contributed by atoms with van der Waals surface area (Å²) in [5, 5.41) is 6.31. The molecule has 0 atom stereocenters. The second kappa shape index (κ2) is 12.9. The Morgan fingerprint density at radius 2 is 1.74 bits per heavy atom. The Morgan fingerprint density at radius 3 is 2.26 bits per heavy atom. The maximum absolute atomic E-state index is 11.9. The second-order valence-corrected chi connectivity index (χ2v) is 8.00. The van der Waals surface area contributed by atoms with Crippen LogP contribution >= 0.6 is 24.0 Å². The lowest BCUT2D eigenvalue weighted by molar-refractivity contribution is 0.0827. The number of halogens is 1. The highest BCUT2D eigenvalue weighted by molar-refractivity contribution is 14.0. The summed E-state index contributed by atoms with van der Waals surface area (Å²) in [5.74, 6) is 0.695. The van der Waals surface area contributed by atoms with Crippen LogP contribution in [-0.2, 0) is 16.6 Å². The van der Waals surface area contributed by atoms with Gasteiger partial charge in [-0.25, -0.2) is 13.1 Å². The van der Waals surface area contributed by atoms with E-state index < -0.39 is 10.0 Å². The van der Waals surface area contributed by atoms with Gasteiger partial charge in [0.15, 0.2) is 5.96 Å². The van der Waals surface area contributed by atoms with Gasteiger partial charge in [0, 0.05) is 46.3 Å². The van der Waals surface area contributed by atoms with Crippen molar-refractivity contribution in [2.45, 2.75) is 19.9 Å². The molecule has 0 heterocycles. The third kappa shape index (κ3) is 9.91. The monoisotopic (exact) mass is 511 g/mol. The number of carbonyl (C=O) groups is 1. The zero-order valence-corrected chi connectivity index (χ0v) is 19.4. The van der Waals surface area contributed by atoms with Gasteiger partial charge in [-0.2, -0.15) is 0 Å². The molecule has 0 saturated heterocycles. The van der Waals surface area contributed by atoms with Crippen LogP contribution in [0.2, 0.25) is 0 Å². The second-order valence-electron chi connectivity index (χ2n) is 5.90. The summed E-state index contributed by atoms with van der Waals surface area (Å²) < 4.78 is 25.2. The lowest BCUT2D eigenvalue weighted by Crippen LogP contribution is -2.38. The van der Waals surface area contributed by atoms with Crippen LogP contribution in [0.5, 0.6) is 0 Å². The number of aliphatic imine (C=N–C) groups is 1. The molecule has 0 aliphatic carbocycles. The van der Waals surface area contributed by atoms with Crippen molar-refractivity contribution in [3.8, 4) is 0 Å². The van der Waals surface area contributed by atoms with E-state index in [1.165, 1.54) is 0 Å². The van der Waals surface area contributed by atoms with E-state index in [1.54, 1.807) is 45.1 Å². The van der Waals surface area contributed by atoms with Gasteiger partial charge in [0.2, 0.25) is 10.0 Å². The van der Waals surface area contributed by atoms with Crippen LogP contribution in [0.1, 0.15) is 29.3 Å². The highest BCUT2D eigenvalue weighted by atomic mass is 127. The van der Waals surface area contributed by atoms with E-state index in [-0.39, 0.29) is 35.6 Å². The molecule has 27 heavy (non-hydrogen) atoms. The van der Waals surface area contributed by atoms with Gasteiger partial charge in [0.25, 0.3) is 5.91 Å². The number of sulfonamides is 1. The first-order valence-electron chi connectivity index (χ1n) is 8.51. The van der Waals surface area contributed by atoms with Crippen molar-refractivity contribution in [2.24, 2.45) is 4.99 Å². The van der Waals surface area contributed by atoms with Crippen molar-refractivity contribution in [2.75, 3.05) is 40.0 Å². The molecule has 1 aromatic carbocycles. The average Bonchev–Trinajstić information content (AvgIpc) is 2.63. The number of nitrogens with one attached hydrogen (secondary N) is 3. The third-order valence-electron chi connectivity index (χ3n) is 3.64. The van der Waals surface area contributed by atoms with E-state index in [1.807, 2.05) is 12.1 Å². The van der Waals surface area contributed by atoms with Crippen LogP contribution in [-0.4, -0.2) is 65.2 Å². The zero-order valence-electron chi connectivity index (χ0n) is 16.3. The van der Waals surface area contributed by atoms with E-state index in [0.29, 0.717) is 37.6 Å². The fraction of sp³-hybridized carbons (Fsp3) is 0.529. The van der Waals surface area contributed by atoms with Crippen molar-refractivity contribution >= 4 is 45.9 Å². The smallest absolute Gasteiger partial charge is 0.253 e. The van der Waals surface area contributed by atoms with Gasteiger partial charge in [-0.15, -0.1) is 24.0 Å². The van der Waals surface area contributed by atoms with E-state index in [2.05, 4.69) is 20.3 Å². The van der Waals surface area contributed by atoms with E-state index in [9.17, 15) is 13.2 Å². The zero-order chi connectivity index (χ0) is 19.6. The summed E-state index contributed by atoms with van der Waals surface area (Å²) in [5.41, 5.74) is 1.68. The predicted octanol–water partition coefficient (Wildman–Crippen LogP) is 1.00. The van der Waals surface area contributed by atoms with Crippen LogP contribution in [0.25, 0.3) is 0 Å². The molecule has 0 aliphatic rings. The molecule has 0 aromatic heterocycles. The number of nitrogens with zero attached hydrogens (tertiary/aromatic N) is 2. The molecule has 0 bridgehead atoms. The molecule has 1 rings (SSSR count). The number of guanidine groups is 1. The van der Waals surface area contributed by atoms with Crippen molar-refractivity contribution < 1.29 is 13.2 Å². The summed E-state index contributed by atoms with van der Waals surface area (Å²) in [4.78, 5) is 17.5. The van der Waals surface area contributed by atoms with Crippen LogP contribution in [0.4, 0.5) is 0 Å². The number of rotatable bonds is 9. The number of amides is 1. The Balaban J connectivity index is 0.00000676. The third-order valence-corrected chi connectivity index (χ3v) is 5.04. The Hall–Kier alpha value is -1.40. The highest BCUT2D eigenvalue weighted by Crippen LogP contribution is 2.06. The van der Waals surface area contributed by atoms with Gasteiger partial charge in [0.1, 0.15) is 0 Å². The summed E-state index contributed by atoms with van der Waals surface area (Å²) in [7, 11) is 1.98. The molecule has 1 amide bonds. The summed E-state index contributed by atoms with van der Waals surface area (Å²) in [6.07, 6.45) is 0.654.